The molecule has 2 rings (SSSR count). The number of carbonyl (C=O) groups is 2. The lowest BCUT2D eigenvalue weighted by molar-refractivity contribution is -0.138. The molecule has 7 heteroatoms. The van der Waals surface area contributed by atoms with Gasteiger partial charge < -0.3 is 16.2 Å². The van der Waals surface area contributed by atoms with Gasteiger partial charge in [0.15, 0.2) is 0 Å². The van der Waals surface area contributed by atoms with E-state index in [0.29, 0.717) is 36.3 Å². The van der Waals surface area contributed by atoms with E-state index in [1.165, 1.54) is 0 Å². The maximum Gasteiger partial charge on any atom is 0.320 e. The van der Waals surface area contributed by atoms with Gasteiger partial charge in [0.2, 0.25) is 0 Å². The zero-order valence-electron chi connectivity index (χ0n) is 13.4. The molecule has 2 aromatic heterocycles. The SMILES string of the molecule is Cc1ccnc(-c2cc(C(=O)NCCC[C@H](N)C(=O)O)ccn2)c1. The van der Waals surface area contributed by atoms with E-state index in [9.17, 15) is 9.59 Å². The monoisotopic (exact) mass is 328 g/mol. The van der Waals surface area contributed by atoms with Crippen LogP contribution in [-0.2, 0) is 4.79 Å². The molecule has 0 aliphatic carbocycles. The molecular weight excluding hydrogens is 308 g/mol. The van der Waals surface area contributed by atoms with Crippen LogP contribution in [0.25, 0.3) is 11.4 Å². The molecular formula is C17H20N4O3. The Hall–Kier alpha value is -2.80. The predicted molar refractivity (Wildman–Crippen MR) is 89.4 cm³/mol. The molecule has 0 radical (unpaired) electrons. The summed E-state index contributed by atoms with van der Waals surface area (Å²) in [6.07, 6.45) is 4.07. The number of nitrogens with two attached hydrogens (primary N) is 1. The van der Waals surface area contributed by atoms with Crippen LogP contribution in [0.15, 0.2) is 36.7 Å². The highest BCUT2D eigenvalue weighted by atomic mass is 16.4. The standard InChI is InChI=1S/C17H20N4O3/c1-11-4-7-19-14(9-11)15-10-12(5-8-20-15)16(22)21-6-2-3-13(18)17(23)24/h4-5,7-10,13H,2-3,6,18H2,1H3,(H,21,22)(H,23,24)/t13-/m0/s1. The third-order valence-electron chi connectivity index (χ3n) is 3.49. The summed E-state index contributed by atoms with van der Waals surface area (Å²) < 4.78 is 0. The van der Waals surface area contributed by atoms with Crippen LogP contribution in [-0.4, -0.2) is 39.5 Å². The van der Waals surface area contributed by atoms with Crippen LogP contribution >= 0.6 is 0 Å². The molecule has 24 heavy (non-hydrogen) atoms. The zero-order chi connectivity index (χ0) is 17.5. The molecule has 126 valence electrons. The van der Waals surface area contributed by atoms with E-state index in [2.05, 4.69) is 15.3 Å². The van der Waals surface area contributed by atoms with Gasteiger partial charge >= 0.3 is 5.97 Å². The molecule has 0 aliphatic heterocycles. The van der Waals surface area contributed by atoms with E-state index < -0.39 is 12.0 Å². The summed E-state index contributed by atoms with van der Waals surface area (Å²) in [4.78, 5) is 31.3. The van der Waals surface area contributed by atoms with Gasteiger partial charge in [-0.05, 0) is 49.6 Å². The fourth-order valence-electron chi connectivity index (χ4n) is 2.14. The Morgan fingerprint density at radius 3 is 2.54 bits per heavy atom. The number of carboxylic acids is 1. The van der Waals surface area contributed by atoms with Crippen molar-refractivity contribution in [3.63, 3.8) is 0 Å². The molecule has 0 unspecified atom stereocenters. The third-order valence-corrected chi connectivity index (χ3v) is 3.49. The average molecular weight is 328 g/mol. The molecule has 0 spiro atoms. The molecule has 1 amide bonds. The summed E-state index contributed by atoms with van der Waals surface area (Å²) >= 11 is 0. The first-order valence-electron chi connectivity index (χ1n) is 7.63. The highest BCUT2D eigenvalue weighted by molar-refractivity contribution is 5.94. The smallest absolute Gasteiger partial charge is 0.320 e. The van der Waals surface area contributed by atoms with Gasteiger partial charge in [0, 0.05) is 24.5 Å². The molecule has 2 aromatic rings. The highest BCUT2D eigenvalue weighted by Gasteiger charge is 2.12. The number of amides is 1. The first-order valence-corrected chi connectivity index (χ1v) is 7.63. The van der Waals surface area contributed by atoms with Gasteiger partial charge in [0.05, 0.1) is 11.4 Å². The van der Waals surface area contributed by atoms with Crippen molar-refractivity contribution in [2.75, 3.05) is 6.54 Å². The number of nitrogens with one attached hydrogen (secondary N) is 1. The molecule has 0 bridgehead atoms. The summed E-state index contributed by atoms with van der Waals surface area (Å²) in [5.41, 5.74) is 8.28. The number of hydrogen-bond acceptors (Lipinski definition) is 5. The number of hydrogen-bond donors (Lipinski definition) is 3. The number of aliphatic carboxylic acids is 1. The number of carboxylic acid groups (broad SMARTS) is 1. The minimum Gasteiger partial charge on any atom is -0.480 e. The Morgan fingerprint density at radius 1 is 1.21 bits per heavy atom. The summed E-state index contributed by atoms with van der Waals surface area (Å²) in [5.74, 6) is -1.28. The van der Waals surface area contributed by atoms with Crippen molar-refractivity contribution < 1.29 is 14.7 Å². The molecule has 0 saturated heterocycles. The van der Waals surface area contributed by atoms with Crippen molar-refractivity contribution in [2.45, 2.75) is 25.8 Å². The lowest BCUT2D eigenvalue weighted by Gasteiger charge is -2.08. The average Bonchev–Trinajstić information content (AvgIpc) is 2.58. The fourth-order valence-corrected chi connectivity index (χ4v) is 2.14. The molecule has 0 saturated carbocycles. The Kier molecular flexibility index (Phi) is 5.97. The third kappa shape index (κ3) is 4.85. The van der Waals surface area contributed by atoms with Crippen LogP contribution in [0.2, 0.25) is 0 Å². The minimum atomic E-state index is -1.04. The van der Waals surface area contributed by atoms with Gasteiger partial charge in [-0.1, -0.05) is 0 Å². The number of rotatable bonds is 7. The van der Waals surface area contributed by atoms with Gasteiger partial charge in [0.1, 0.15) is 6.04 Å². The molecule has 0 fully saturated rings. The maximum atomic E-state index is 12.2. The van der Waals surface area contributed by atoms with Crippen molar-refractivity contribution >= 4 is 11.9 Å². The van der Waals surface area contributed by atoms with Crippen LogP contribution in [0.3, 0.4) is 0 Å². The number of aromatic nitrogens is 2. The molecule has 4 N–H and O–H groups in total. The van der Waals surface area contributed by atoms with Gasteiger partial charge in [-0.2, -0.15) is 0 Å². The van der Waals surface area contributed by atoms with Crippen molar-refractivity contribution in [2.24, 2.45) is 5.73 Å². The Labute approximate surface area is 139 Å². The van der Waals surface area contributed by atoms with E-state index in [4.69, 9.17) is 10.8 Å². The second-order valence-corrected chi connectivity index (χ2v) is 5.49. The first kappa shape index (κ1) is 17.6. The Balaban J connectivity index is 1.96. The predicted octanol–water partition coefficient (Wildman–Crippen LogP) is 1.37. The minimum absolute atomic E-state index is 0.241. The van der Waals surface area contributed by atoms with Gasteiger partial charge in [0.25, 0.3) is 5.91 Å². The van der Waals surface area contributed by atoms with E-state index in [1.54, 1.807) is 24.5 Å². The fraction of sp³-hybridized carbons (Fsp3) is 0.294. The van der Waals surface area contributed by atoms with Crippen LogP contribution in [0.4, 0.5) is 0 Å². The second kappa shape index (κ2) is 8.16. The maximum absolute atomic E-state index is 12.2. The van der Waals surface area contributed by atoms with E-state index >= 15 is 0 Å². The highest BCUT2D eigenvalue weighted by Crippen LogP contribution is 2.16. The van der Waals surface area contributed by atoms with Crippen LogP contribution in [0.1, 0.15) is 28.8 Å². The summed E-state index contributed by atoms with van der Waals surface area (Å²) in [5, 5.41) is 11.4. The lowest BCUT2D eigenvalue weighted by atomic mass is 10.1. The number of pyridine rings is 2. The topological polar surface area (TPSA) is 118 Å². The van der Waals surface area contributed by atoms with Gasteiger partial charge in [-0.15, -0.1) is 0 Å². The Bertz CT molecular complexity index is 733. The summed E-state index contributed by atoms with van der Waals surface area (Å²) in [7, 11) is 0. The van der Waals surface area contributed by atoms with Crippen LogP contribution in [0, 0.1) is 6.92 Å². The van der Waals surface area contributed by atoms with E-state index in [1.807, 2.05) is 19.1 Å². The molecule has 0 aliphatic rings. The summed E-state index contributed by atoms with van der Waals surface area (Å²) in [6.45, 7) is 2.32. The van der Waals surface area contributed by atoms with Crippen molar-refractivity contribution in [3.8, 4) is 11.4 Å². The van der Waals surface area contributed by atoms with Crippen molar-refractivity contribution in [1.29, 1.82) is 0 Å². The quantitative estimate of drug-likeness (QED) is 0.661. The van der Waals surface area contributed by atoms with E-state index in [0.717, 1.165) is 5.56 Å². The number of nitrogens with zero attached hydrogens (tertiary/aromatic N) is 2. The van der Waals surface area contributed by atoms with Gasteiger partial charge in [-0.25, -0.2) is 0 Å². The number of aryl methyl sites for hydroxylation is 1. The first-order chi connectivity index (χ1) is 11.5. The normalized spacial score (nSPS) is 11.8. The molecule has 0 aromatic carbocycles. The van der Waals surface area contributed by atoms with E-state index in [-0.39, 0.29) is 5.91 Å². The second-order valence-electron chi connectivity index (χ2n) is 5.49. The summed E-state index contributed by atoms with van der Waals surface area (Å²) in [6, 6.07) is 6.19. The van der Waals surface area contributed by atoms with Gasteiger partial charge in [-0.3, -0.25) is 19.6 Å². The zero-order valence-corrected chi connectivity index (χ0v) is 13.4. The van der Waals surface area contributed by atoms with Crippen LogP contribution in [0.5, 0.6) is 0 Å². The molecule has 7 nitrogen and oxygen atoms in total. The lowest BCUT2D eigenvalue weighted by Crippen LogP contribution is -2.32. The number of carbonyl (C=O) groups excluding carboxylic acids is 1. The van der Waals surface area contributed by atoms with Crippen molar-refractivity contribution in [3.05, 3.63) is 47.8 Å². The van der Waals surface area contributed by atoms with Crippen LogP contribution < -0.4 is 11.1 Å². The molecule has 2 heterocycles. The largest absolute Gasteiger partial charge is 0.480 e. The molecule has 1 atom stereocenters. The Morgan fingerprint density at radius 2 is 1.88 bits per heavy atom. The van der Waals surface area contributed by atoms with Crippen molar-refractivity contribution in [1.82, 2.24) is 15.3 Å².